The Labute approximate surface area is 194 Å². The summed E-state index contributed by atoms with van der Waals surface area (Å²) in [4.78, 5) is 51.2. The van der Waals surface area contributed by atoms with Gasteiger partial charge in [-0.25, -0.2) is 4.79 Å². The number of thiol groups is 1. The van der Waals surface area contributed by atoms with E-state index in [1.54, 1.807) is 0 Å². The molecule has 4 atom stereocenters. The molecule has 0 spiro atoms. The lowest BCUT2D eigenvalue weighted by atomic mass is 10.1. The largest absolute Gasteiger partial charge is 0.480 e. The number of carboxylic acid groups (broad SMARTS) is 1. The number of rotatable bonds is 15. The lowest BCUT2D eigenvalue weighted by Gasteiger charge is -2.28. The van der Waals surface area contributed by atoms with Gasteiger partial charge < -0.3 is 37.8 Å². The van der Waals surface area contributed by atoms with E-state index in [0.29, 0.717) is 64.6 Å². The first-order chi connectivity index (χ1) is 15.3. The molecule has 32 heavy (non-hydrogen) atoms. The fourth-order valence-corrected chi connectivity index (χ4v) is 3.80. The number of hydrogen-bond acceptors (Lipinski definition) is 8. The number of carbonyl (C=O) groups is 4. The van der Waals surface area contributed by atoms with Crippen LogP contribution in [0.4, 0.5) is 0 Å². The lowest BCUT2D eigenvalue weighted by molar-refractivity contribution is -0.143. The summed E-state index contributed by atoms with van der Waals surface area (Å²) >= 11 is 4.05. The Balaban J connectivity index is 2.86. The van der Waals surface area contributed by atoms with Crippen LogP contribution in [0.1, 0.15) is 51.4 Å². The minimum Gasteiger partial charge on any atom is -0.480 e. The van der Waals surface area contributed by atoms with Crippen molar-refractivity contribution in [3.63, 3.8) is 0 Å². The van der Waals surface area contributed by atoms with Crippen molar-refractivity contribution in [2.45, 2.75) is 75.5 Å². The Morgan fingerprint density at radius 1 is 1.00 bits per heavy atom. The SMILES string of the molecule is NCCCCC(NC(=O)C(CCCCN)NC(=O)C1CCCN1C(=O)C(N)CS)C(=O)O. The average Bonchev–Trinajstić information content (AvgIpc) is 3.26. The highest BCUT2D eigenvalue weighted by Crippen LogP contribution is 2.19. The Bertz CT molecular complexity index is 638. The van der Waals surface area contributed by atoms with Crippen LogP contribution in [0.15, 0.2) is 0 Å². The van der Waals surface area contributed by atoms with Crippen molar-refractivity contribution >= 4 is 36.3 Å². The van der Waals surface area contributed by atoms with Gasteiger partial charge in [0.25, 0.3) is 0 Å². The topological polar surface area (TPSA) is 194 Å². The van der Waals surface area contributed by atoms with Crippen molar-refractivity contribution in [3.8, 4) is 0 Å². The monoisotopic (exact) mass is 474 g/mol. The number of aliphatic carboxylic acids is 1. The minimum absolute atomic E-state index is 0.161. The fourth-order valence-electron chi connectivity index (χ4n) is 3.65. The number of unbranched alkanes of at least 4 members (excludes halogenated alkanes) is 2. The lowest BCUT2D eigenvalue weighted by Crippen LogP contribution is -2.56. The summed E-state index contributed by atoms with van der Waals surface area (Å²) in [7, 11) is 0. The quantitative estimate of drug-likeness (QED) is 0.111. The number of nitrogens with one attached hydrogen (secondary N) is 2. The van der Waals surface area contributed by atoms with Crippen LogP contribution in [-0.2, 0) is 19.2 Å². The third-order valence-corrected chi connectivity index (χ3v) is 5.89. The normalized spacial score (nSPS) is 18.6. The van der Waals surface area contributed by atoms with Crippen LogP contribution in [0.5, 0.6) is 0 Å². The summed E-state index contributed by atoms with van der Waals surface area (Å²) in [5, 5.41) is 14.7. The predicted octanol–water partition coefficient (Wildman–Crippen LogP) is -1.45. The van der Waals surface area contributed by atoms with Crippen molar-refractivity contribution < 1.29 is 24.3 Å². The van der Waals surface area contributed by atoms with Gasteiger partial charge in [-0.15, -0.1) is 0 Å². The van der Waals surface area contributed by atoms with Crippen LogP contribution in [0.2, 0.25) is 0 Å². The van der Waals surface area contributed by atoms with Gasteiger partial charge in [0.1, 0.15) is 18.1 Å². The Kier molecular flexibility index (Phi) is 13.2. The van der Waals surface area contributed by atoms with Gasteiger partial charge in [0, 0.05) is 12.3 Å². The van der Waals surface area contributed by atoms with Crippen molar-refractivity contribution in [3.05, 3.63) is 0 Å². The first kappa shape index (κ1) is 28.1. The van der Waals surface area contributed by atoms with Crippen LogP contribution < -0.4 is 27.8 Å². The van der Waals surface area contributed by atoms with E-state index in [0.717, 1.165) is 0 Å². The number of amides is 3. The zero-order chi connectivity index (χ0) is 24.1. The smallest absolute Gasteiger partial charge is 0.326 e. The van der Waals surface area contributed by atoms with Crippen LogP contribution in [-0.4, -0.2) is 83.3 Å². The Morgan fingerprint density at radius 3 is 2.12 bits per heavy atom. The van der Waals surface area contributed by atoms with Crippen molar-refractivity contribution in [1.82, 2.24) is 15.5 Å². The summed E-state index contributed by atoms with van der Waals surface area (Å²) in [6.45, 7) is 1.28. The molecular weight excluding hydrogens is 436 g/mol. The van der Waals surface area contributed by atoms with Crippen molar-refractivity contribution in [1.29, 1.82) is 0 Å². The molecule has 9 N–H and O–H groups in total. The number of carbonyl (C=O) groups excluding carboxylic acids is 3. The predicted molar refractivity (Wildman–Crippen MR) is 124 cm³/mol. The zero-order valence-corrected chi connectivity index (χ0v) is 19.4. The second-order valence-corrected chi connectivity index (χ2v) is 8.37. The number of nitrogens with zero attached hydrogens (tertiary/aromatic N) is 1. The summed E-state index contributed by atoms with van der Waals surface area (Å²) in [5.74, 6) is -2.36. The maximum Gasteiger partial charge on any atom is 0.326 e. The molecule has 0 radical (unpaired) electrons. The van der Waals surface area contributed by atoms with Crippen LogP contribution in [0.25, 0.3) is 0 Å². The van der Waals surface area contributed by atoms with Crippen LogP contribution in [0.3, 0.4) is 0 Å². The third-order valence-electron chi connectivity index (χ3n) is 5.49. The van der Waals surface area contributed by atoms with E-state index >= 15 is 0 Å². The highest BCUT2D eigenvalue weighted by molar-refractivity contribution is 7.80. The van der Waals surface area contributed by atoms with Gasteiger partial charge in [0.2, 0.25) is 17.7 Å². The molecule has 4 unspecified atom stereocenters. The van der Waals surface area contributed by atoms with Gasteiger partial charge in [-0.05, 0) is 64.5 Å². The summed E-state index contributed by atoms with van der Waals surface area (Å²) in [6, 6.07) is -3.53. The number of likely N-dealkylation sites (tertiary alicyclic amines) is 1. The van der Waals surface area contributed by atoms with Gasteiger partial charge in [-0.3, -0.25) is 14.4 Å². The summed E-state index contributed by atoms with van der Waals surface area (Å²) < 4.78 is 0. The third kappa shape index (κ3) is 8.93. The molecule has 184 valence electrons. The first-order valence-corrected chi connectivity index (χ1v) is 11.8. The second kappa shape index (κ2) is 15.0. The highest BCUT2D eigenvalue weighted by Gasteiger charge is 2.37. The standard InChI is InChI=1S/C20H38N6O5S/c21-9-3-1-6-14(17(27)25-15(20(30)31)7-2-4-10-22)24-18(28)16-8-5-11-26(16)19(29)13(23)12-32/h13-16,32H,1-12,21-23H2,(H,24,28)(H,25,27)(H,30,31). The van der Waals surface area contributed by atoms with E-state index in [4.69, 9.17) is 17.2 Å². The molecule has 1 saturated heterocycles. The Hall–Kier alpha value is -1.89. The van der Waals surface area contributed by atoms with Gasteiger partial charge in [0.05, 0.1) is 6.04 Å². The van der Waals surface area contributed by atoms with E-state index < -0.39 is 42.0 Å². The molecule has 0 aliphatic carbocycles. The maximum absolute atomic E-state index is 12.9. The molecule has 1 aliphatic heterocycles. The second-order valence-electron chi connectivity index (χ2n) is 8.01. The van der Waals surface area contributed by atoms with Crippen molar-refractivity contribution in [2.75, 3.05) is 25.4 Å². The van der Waals surface area contributed by atoms with Crippen molar-refractivity contribution in [2.24, 2.45) is 17.2 Å². The molecular formula is C20H38N6O5S. The number of carboxylic acids is 1. The van der Waals surface area contributed by atoms with Crippen LogP contribution in [0, 0.1) is 0 Å². The molecule has 1 rings (SSSR count). The van der Waals surface area contributed by atoms with Gasteiger partial charge in [-0.1, -0.05) is 0 Å². The molecule has 0 aromatic heterocycles. The first-order valence-electron chi connectivity index (χ1n) is 11.2. The van der Waals surface area contributed by atoms with Gasteiger partial charge >= 0.3 is 5.97 Å². The molecule has 1 heterocycles. The molecule has 0 aromatic carbocycles. The van der Waals surface area contributed by atoms with Crippen LogP contribution >= 0.6 is 12.6 Å². The molecule has 11 nitrogen and oxygen atoms in total. The van der Waals surface area contributed by atoms with E-state index in [-0.39, 0.29) is 18.1 Å². The molecule has 0 bridgehead atoms. The van der Waals surface area contributed by atoms with E-state index in [1.165, 1.54) is 4.90 Å². The summed E-state index contributed by atoms with van der Waals surface area (Å²) in [5.41, 5.74) is 16.8. The molecule has 3 amide bonds. The van der Waals surface area contributed by atoms with Gasteiger partial charge in [-0.2, -0.15) is 12.6 Å². The van der Waals surface area contributed by atoms with E-state index in [9.17, 15) is 24.3 Å². The summed E-state index contributed by atoms with van der Waals surface area (Å²) in [6.07, 6.45) is 4.11. The van der Waals surface area contributed by atoms with E-state index in [2.05, 4.69) is 23.3 Å². The maximum atomic E-state index is 12.9. The van der Waals surface area contributed by atoms with E-state index in [1.807, 2.05) is 0 Å². The molecule has 12 heteroatoms. The molecule has 0 aromatic rings. The number of hydrogen-bond donors (Lipinski definition) is 7. The molecule has 1 aliphatic rings. The minimum atomic E-state index is -1.14. The number of nitrogens with two attached hydrogens (primary N) is 3. The molecule has 1 fully saturated rings. The zero-order valence-electron chi connectivity index (χ0n) is 18.5. The van der Waals surface area contributed by atoms with Gasteiger partial charge in [0.15, 0.2) is 0 Å². The fraction of sp³-hybridized carbons (Fsp3) is 0.800. The highest BCUT2D eigenvalue weighted by atomic mass is 32.1. The molecule has 0 saturated carbocycles. The Morgan fingerprint density at radius 2 is 1.59 bits per heavy atom. The average molecular weight is 475 g/mol.